The van der Waals surface area contributed by atoms with E-state index in [2.05, 4.69) is 4.98 Å². The maximum atomic E-state index is 13.3. The molecule has 2 heterocycles. The van der Waals surface area contributed by atoms with E-state index in [1.54, 1.807) is 17.2 Å². The molecule has 2 fully saturated rings. The minimum atomic E-state index is -2.62. The van der Waals surface area contributed by atoms with Crippen LogP contribution in [0.4, 0.5) is 8.78 Å². The van der Waals surface area contributed by atoms with Crippen molar-refractivity contribution in [1.29, 1.82) is 0 Å². The van der Waals surface area contributed by atoms with Crippen LogP contribution in [0.1, 0.15) is 39.0 Å². The molecule has 0 bridgehead atoms. The molecule has 0 aromatic carbocycles. The first-order valence-corrected chi connectivity index (χ1v) is 8.13. The van der Waals surface area contributed by atoms with E-state index in [-0.39, 0.29) is 37.7 Å². The Bertz CT molecular complexity index is 555. The van der Waals surface area contributed by atoms with Crippen LogP contribution in [-0.2, 0) is 4.79 Å². The molecule has 0 N–H and O–H groups in total. The lowest BCUT2D eigenvalue weighted by Crippen LogP contribution is -2.45. The largest absolute Gasteiger partial charge is 0.472 e. The summed E-state index contributed by atoms with van der Waals surface area (Å²) in [5, 5.41) is 0. The number of halogens is 2. The quantitative estimate of drug-likeness (QED) is 0.857. The number of rotatable bonds is 3. The fourth-order valence-corrected chi connectivity index (χ4v) is 3.36. The molecule has 4 nitrogen and oxygen atoms in total. The Labute approximate surface area is 134 Å². The maximum absolute atomic E-state index is 13.3. The predicted octanol–water partition coefficient (Wildman–Crippen LogP) is 3.28. The number of hydrogen-bond acceptors (Lipinski definition) is 3. The summed E-state index contributed by atoms with van der Waals surface area (Å²) in [5.41, 5.74) is -0.665. The lowest BCUT2D eigenvalue weighted by molar-refractivity contribution is -0.147. The molecule has 1 saturated heterocycles. The molecule has 1 aliphatic carbocycles. The highest BCUT2D eigenvalue weighted by atomic mass is 19.3. The maximum Gasteiger partial charge on any atom is 0.248 e. The summed E-state index contributed by atoms with van der Waals surface area (Å²) < 4.78 is 32.5. The molecule has 1 saturated carbocycles. The van der Waals surface area contributed by atoms with E-state index in [4.69, 9.17) is 4.74 Å². The molecule has 2 aliphatic rings. The third kappa shape index (κ3) is 3.62. The van der Waals surface area contributed by atoms with Crippen LogP contribution in [0.25, 0.3) is 0 Å². The fraction of sp³-hybridized carbons (Fsp3) is 0.647. The van der Waals surface area contributed by atoms with Gasteiger partial charge in [-0.25, -0.2) is 13.8 Å². The third-order valence-electron chi connectivity index (χ3n) is 4.96. The number of likely N-dealkylation sites (tertiary alicyclic amines) is 1. The molecule has 0 spiro atoms. The zero-order chi connectivity index (χ0) is 16.5. The second kappa shape index (κ2) is 6.06. The van der Waals surface area contributed by atoms with Gasteiger partial charge in [-0.2, -0.15) is 0 Å². The van der Waals surface area contributed by atoms with Crippen LogP contribution >= 0.6 is 0 Å². The van der Waals surface area contributed by atoms with Crippen molar-refractivity contribution in [1.82, 2.24) is 9.88 Å². The Morgan fingerprint density at radius 2 is 2.04 bits per heavy atom. The minimum Gasteiger partial charge on any atom is -0.472 e. The lowest BCUT2D eigenvalue weighted by atomic mass is 9.73. The number of nitrogens with zero attached hydrogens (tertiary/aromatic N) is 2. The number of carbonyl (C=O) groups excluding carboxylic acids is 1. The van der Waals surface area contributed by atoms with Crippen molar-refractivity contribution in [2.24, 2.45) is 5.41 Å². The van der Waals surface area contributed by atoms with Crippen molar-refractivity contribution in [3.63, 3.8) is 0 Å². The van der Waals surface area contributed by atoms with E-state index in [1.165, 1.54) is 0 Å². The van der Waals surface area contributed by atoms with E-state index in [0.29, 0.717) is 19.0 Å². The first-order chi connectivity index (χ1) is 10.9. The summed E-state index contributed by atoms with van der Waals surface area (Å²) in [6.45, 7) is 2.93. The smallest absolute Gasteiger partial charge is 0.248 e. The Kier molecular flexibility index (Phi) is 4.25. The Morgan fingerprint density at radius 3 is 2.70 bits per heavy atom. The average Bonchev–Trinajstić information content (AvgIpc) is 2.99. The fourth-order valence-electron chi connectivity index (χ4n) is 3.36. The van der Waals surface area contributed by atoms with Gasteiger partial charge in [0.2, 0.25) is 17.7 Å². The van der Waals surface area contributed by atoms with Gasteiger partial charge in [-0.3, -0.25) is 4.79 Å². The van der Waals surface area contributed by atoms with Gasteiger partial charge < -0.3 is 9.64 Å². The molecule has 0 radical (unpaired) electrons. The topological polar surface area (TPSA) is 42.4 Å². The third-order valence-corrected chi connectivity index (χ3v) is 4.96. The van der Waals surface area contributed by atoms with Gasteiger partial charge in [0.25, 0.3) is 0 Å². The van der Waals surface area contributed by atoms with E-state index in [1.807, 2.05) is 19.1 Å². The van der Waals surface area contributed by atoms with Crippen LogP contribution in [0.3, 0.4) is 0 Å². The van der Waals surface area contributed by atoms with Crippen molar-refractivity contribution in [2.45, 2.75) is 51.1 Å². The number of carbonyl (C=O) groups is 1. The molecule has 1 atom stereocenters. The van der Waals surface area contributed by atoms with Crippen LogP contribution < -0.4 is 4.74 Å². The van der Waals surface area contributed by atoms with E-state index in [0.717, 1.165) is 6.42 Å². The molecule has 1 aromatic heterocycles. The summed E-state index contributed by atoms with van der Waals surface area (Å²) in [6, 6.07) is 5.45. The first-order valence-electron chi connectivity index (χ1n) is 8.13. The zero-order valence-electron chi connectivity index (χ0n) is 13.3. The predicted molar refractivity (Wildman–Crippen MR) is 81.4 cm³/mol. The minimum absolute atomic E-state index is 0.0138. The summed E-state index contributed by atoms with van der Waals surface area (Å²) in [6.07, 6.45) is 2.43. The molecular weight excluding hydrogens is 302 g/mol. The average molecular weight is 324 g/mol. The van der Waals surface area contributed by atoms with Gasteiger partial charge in [0, 0.05) is 43.5 Å². The van der Waals surface area contributed by atoms with Gasteiger partial charge >= 0.3 is 0 Å². The van der Waals surface area contributed by atoms with Gasteiger partial charge in [0.1, 0.15) is 6.10 Å². The molecule has 1 aliphatic heterocycles. The van der Waals surface area contributed by atoms with Gasteiger partial charge in [0.05, 0.1) is 6.54 Å². The molecule has 1 unspecified atom stereocenters. The van der Waals surface area contributed by atoms with Gasteiger partial charge in [-0.15, -0.1) is 0 Å². The molecule has 3 rings (SSSR count). The standard InChI is InChI=1S/C17H22F2N2O2/c1-16(6-8-17(18,19)9-7-16)15(22)21-11-5-13(12-21)23-14-4-2-3-10-20-14/h2-4,10,13H,5-9,11-12H2,1H3. The number of alkyl halides is 2. The molecule has 126 valence electrons. The Hall–Kier alpha value is -1.72. The normalized spacial score (nSPS) is 26.0. The Morgan fingerprint density at radius 1 is 1.30 bits per heavy atom. The number of ether oxygens (including phenoxy) is 1. The van der Waals surface area contributed by atoms with E-state index in [9.17, 15) is 13.6 Å². The zero-order valence-corrected chi connectivity index (χ0v) is 13.3. The highest BCUT2D eigenvalue weighted by molar-refractivity contribution is 5.82. The first kappa shape index (κ1) is 16.1. The number of pyridine rings is 1. The van der Waals surface area contributed by atoms with Crippen molar-refractivity contribution in [3.8, 4) is 5.88 Å². The second-order valence-corrected chi connectivity index (χ2v) is 6.86. The van der Waals surface area contributed by atoms with Gasteiger partial charge in [0.15, 0.2) is 0 Å². The number of hydrogen-bond donors (Lipinski definition) is 0. The highest BCUT2D eigenvalue weighted by Gasteiger charge is 2.47. The summed E-state index contributed by atoms with van der Waals surface area (Å²) in [7, 11) is 0. The van der Waals surface area contributed by atoms with Crippen molar-refractivity contribution >= 4 is 5.91 Å². The molecular formula is C17H22F2N2O2. The van der Waals surface area contributed by atoms with Crippen molar-refractivity contribution in [2.75, 3.05) is 13.1 Å². The Balaban J connectivity index is 1.57. The monoisotopic (exact) mass is 324 g/mol. The number of aromatic nitrogens is 1. The highest BCUT2D eigenvalue weighted by Crippen LogP contribution is 2.44. The van der Waals surface area contributed by atoms with Crippen LogP contribution in [0.2, 0.25) is 0 Å². The second-order valence-electron chi connectivity index (χ2n) is 6.86. The summed E-state index contributed by atoms with van der Waals surface area (Å²) in [4.78, 5) is 18.6. The molecule has 1 amide bonds. The van der Waals surface area contributed by atoms with Crippen LogP contribution in [-0.4, -0.2) is 40.9 Å². The molecule has 23 heavy (non-hydrogen) atoms. The molecule has 6 heteroatoms. The van der Waals surface area contributed by atoms with Gasteiger partial charge in [-0.1, -0.05) is 13.0 Å². The molecule has 1 aromatic rings. The van der Waals surface area contributed by atoms with Gasteiger partial charge in [-0.05, 0) is 18.9 Å². The SMILES string of the molecule is CC1(C(=O)N2CCC(Oc3ccccn3)C2)CCC(F)(F)CC1. The van der Waals surface area contributed by atoms with Crippen molar-refractivity contribution in [3.05, 3.63) is 24.4 Å². The van der Waals surface area contributed by atoms with Crippen LogP contribution in [0, 0.1) is 5.41 Å². The van der Waals surface area contributed by atoms with Crippen LogP contribution in [0.5, 0.6) is 5.88 Å². The van der Waals surface area contributed by atoms with E-state index < -0.39 is 11.3 Å². The number of amides is 1. The lowest BCUT2D eigenvalue weighted by Gasteiger charge is -2.38. The van der Waals surface area contributed by atoms with Crippen LogP contribution in [0.15, 0.2) is 24.4 Å². The summed E-state index contributed by atoms with van der Waals surface area (Å²) in [5.74, 6) is -2.08. The van der Waals surface area contributed by atoms with Crippen molar-refractivity contribution < 1.29 is 18.3 Å². The summed E-state index contributed by atoms with van der Waals surface area (Å²) >= 11 is 0. The van der Waals surface area contributed by atoms with E-state index >= 15 is 0 Å².